The van der Waals surface area contributed by atoms with E-state index in [2.05, 4.69) is 31.2 Å². The summed E-state index contributed by atoms with van der Waals surface area (Å²) in [4.78, 5) is 10.7. The van der Waals surface area contributed by atoms with E-state index in [1.807, 2.05) is 49.2 Å². The van der Waals surface area contributed by atoms with Gasteiger partial charge in [-0.05, 0) is 35.0 Å². The van der Waals surface area contributed by atoms with Crippen LogP contribution < -0.4 is 10.2 Å². The summed E-state index contributed by atoms with van der Waals surface area (Å²) in [7, 11) is 1.96. The summed E-state index contributed by atoms with van der Waals surface area (Å²) in [6.45, 7) is 2.38. The van der Waals surface area contributed by atoms with Crippen molar-refractivity contribution < 1.29 is 5.11 Å². The molecule has 0 aliphatic heterocycles. The molecular formula is C14H17BrN4O. The third kappa shape index (κ3) is 3.46. The predicted molar refractivity (Wildman–Crippen MR) is 84.5 cm³/mol. The highest BCUT2D eigenvalue weighted by Gasteiger charge is 2.10. The molecule has 106 valence electrons. The summed E-state index contributed by atoms with van der Waals surface area (Å²) in [5.74, 6) is 2.19. The molecule has 0 saturated carbocycles. The lowest BCUT2D eigenvalue weighted by Gasteiger charge is -2.20. The van der Waals surface area contributed by atoms with E-state index in [4.69, 9.17) is 5.11 Å². The second-order valence-electron chi connectivity index (χ2n) is 4.32. The molecule has 2 rings (SSSR count). The zero-order valence-corrected chi connectivity index (χ0v) is 13.1. The normalized spacial score (nSPS) is 10.4. The van der Waals surface area contributed by atoms with Gasteiger partial charge < -0.3 is 15.3 Å². The highest BCUT2D eigenvalue weighted by atomic mass is 79.9. The van der Waals surface area contributed by atoms with Crippen molar-refractivity contribution in [3.63, 3.8) is 0 Å². The van der Waals surface area contributed by atoms with Gasteiger partial charge in [-0.2, -0.15) is 0 Å². The monoisotopic (exact) mass is 336 g/mol. The minimum absolute atomic E-state index is 0.0679. The predicted octanol–water partition coefficient (Wildman–Crippen LogP) is 2.72. The fourth-order valence-corrected chi connectivity index (χ4v) is 2.40. The minimum Gasteiger partial charge on any atom is -0.395 e. The summed E-state index contributed by atoms with van der Waals surface area (Å²) >= 11 is 3.54. The smallest absolute Gasteiger partial charge is 0.138 e. The van der Waals surface area contributed by atoms with E-state index in [9.17, 15) is 0 Å². The van der Waals surface area contributed by atoms with E-state index < -0.39 is 0 Å². The maximum Gasteiger partial charge on any atom is 0.138 e. The number of nitrogens with one attached hydrogen (secondary N) is 1. The molecule has 0 fully saturated rings. The van der Waals surface area contributed by atoms with Crippen LogP contribution in [0.15, 0.2) is 34.8 Å². The fraction of sp³-hybridized carbons (Fsp3) is 0.286. The van der Waals surface area contributed by atoms with Gasteiger partial charge in [0.15, 0.2) is 0 Å². The van der Waals surface area contributed by atoms with Crippen molar-refractivity contribution in [2.45, 2.75) is 6.92 Å². The van der Waals surface area contributed by atoms with Gasteiger partial charge in [0.25, 0.3) is 0 Å². The SMILES string of the molecule is Cc1nc(NCCO)cc(N(C)c2ccccc2Br)n1. The molecule has 0 radical (unpaired) electrons. The maximum absolute atomic E-state index is 8.87. The molecule has 0 saturated heterocycles. The fourth-order valence-electron chi connectivity index (χ4n) is 1.85. The van der Waals surface area contributed by atoms with E-state index in [1.54, 1.807) is 0 Å². The molecule has 0 bridgehead atoms. The Balaban J connectivity index is 2.32. The Morgan fingerprint density at radius 2 is 2.05 bits per heavy atom. The zero-order valence-electron chi connectivity index (χ0n) is 11.5. The zero-order chi connectivity index (χ0) is 14.5. The van der Waals surface area contributed by atoms with Crippen LogP contribution in [0.5, 0.6) is 0 Å². The number of anilines is 3. The lowest BCUT2D eigenvalue weighted by atomic mass is 10.3. The quantitative estimate of drug-likeness (QED) is 0.879. The first-order valence-corrected chi connectivity index (χ1v) is 7.10. The summed E-state index contributed by atoms with van der Waals surface area (Å²) in [5, 5.41) is 11.9. The van der Waals surface area contributed by atoms with E-state index in [0.717, 1.165) is 16.0 Å². The number of para-hydroxylation sites is 1. The number of rotatable bonds is 5. The van der Waals surface area contributed by atoms with Gasteiger partial charge in [-0.1, -0.05) is 12.1 Å². The van der Waals surface area contributed by atoms with Crippen LogP contribution in [0.3, 0.4) is 0 Å². The third-order valence-electron chi connectivity index (χ3n) is 2.80. The molecule has 2 aromatic rings. The number of aliphatic hydroxyl groups is 1. The summed E-state index contributed by atoms with van der Waals surface area (Å²) in [5.41, 5.74) is 1.03. The van der Waals surface area contributed by atoms with Crippen LogP contribution in [0, 0.1) is 6.92 Å². The van der Waals surface area contributed by atoms with E-state index in [-0.39, 0.29) is 6.61 Å². The number of benzene rings is 1. The molecule has 0 spiro atoms. The van der Waals surface area contributed by atoms with Gasteiger partial charge in [0.05, 0.1) is 12.3 Å². The minimum atomic E-state index is 0.0679. The van der Waals surface area contributed by atoms with Crippen LogP contribution in [0.2, 0.25) is 0 Å². The van der Waals surface area contributed by atoms with Crippen LogP contribution in [-0.2, 0) is 0 Å². The van der Waals surface area contributed by atoms with Crippen molar-refractivity contribution in [2.75, 3.05) is 30.4 Å². The average molecular weight is 337 g/mol. The summed E-state index contributed by atoms with van der Waals surface area (Å²) in [6, 6.07) is 9.83. The van der Waals surface area contributed by atoms with Crippen LogP contribution in [-0.4, -0.2) is 35.3 Å². The van der Waals surface area contributed by atoms with Gasteiger partial charge in [0.2, 0.25) is 0 Å². The van der Waals surface area contributed by atoms with Crippen molar-refractivity contribution in [3.8, 4) is 0 Å². The molecule has 2 N–H and O–H groups in total. The number of nitrogens with zero attached hydrogens (tertiary/aromatic N) is 3. The Labute approximate surface area is 126 Å². The Hall–Kier alpha value is -1.66. The van der Waals surface area contributed by atoms with Gasteiger partial charge in [-0.15, -0.1) is 0 Å². The molecule has 5 nitrogen and oxygen atoms in total. The van der Waals surface area contributed by atoms with E-state index in [1.165, 1.54) is 0 Å². The van der Waals surface area contributed by atoms with Crippen molar-refractivity contribution in [1.29, 1.82) is 0 Å². The Morgan fingerprint density at radius 3 is 2.75 bits per heavy atom. The van der Waals surface area contributed by atoms with Gasteiger partial charge in [0.1, 0.15) is 17.5 Å². The molecule has 0 aliphatic rings. The van der Waals surface area contributed by atoms with Crippen molar-refractivity contribution in [2.24, 2.45) is 0 Å². The number of aliphatic hydroxyl groups excluding tert-OH is 1. The molecule has 6 heteroatoms. The largest absolute Gasteiger partial charge is 0.395 e. The summed E-state index contributed by atoms with van der Waals surface area (Å²) < 4.78 is 1.00. The third-order valence-corrected chi connectivity index (χ3v) is 3.47. The number of hydrogen-bond donors (Lipinski definition) is 2. The molecule has 1 heterocycles. The van der Waals surface area contributed by atoms with Crippen molar-refractivity contribution in [3.05, 3.63) is 40.6 Å². The molecule has 20 heavy (non-hydrogen) atoms. The van der Waals surface area contributed by atoms with Gasteiger partial charge in [0, 0.05) is 24.1 Å². The molecule has 1 aromatic heterocycles. The Morgan fingerprint density at radius 1 is 1.30 bits per heavy atom. The first-order valence-electron chi connectivity index (χ1n) is 6.30. The van der Waals surface area contributed by atoms with Gasteiger partial charge >= 0.3 is 0 Å². The van der Waals surface area contributed by atoms with Crippen molar-refractivity contribution in [1.82, 2.24) is 9.97 Å². The van der Waals surface area contributed by atoms with Crippen LogP contribution in [0.4, 0.5) is 17.3 Å². The molecule has 1 aromatic carbocycles. The number of halogens is 1. The maximum atomic E-state index is 8.87. The highest BCUT2D eigenvalue weighted by Crippen LogP contribution is 2.30. The van der Waals surface area contributed by atoms with E-state index >= 15 is 0 Å². The number of aryl methyl sites for hydroxylation is 1. The second-order valence-corrected chi connectivity index (χ2v) is 5.17. The Bertz CT molecular complexity index is 591. The molecule has 0 atom stereocenters. The second kappa shape index (κ2) is 6.67. The first-order chi connectivity index (χ1) is 9.61. The van der Waals surface area contributed by atoms with Gasteiger partial charge in [-0.3, -0.25) is 0 Å². The molecule has 0 aliphatic carbocycles. The standard InChI is InChI=1S/C14H17BrN4O/c1-10-17-13(16-7-8-20)9-14(18-10)19(2)12-6-4-3-5-11(12)15/h3-6,9,20H,7-8H2,1-2H3,(H,16,17,18). The van der Waals surface area contributed by atoms with Crippen LogP contribution in [0.1, 0.15) is 5.82 Å². The topological polar surface area (TPSA) is 61.3 Å². The average Bonchev–Trinajstić information content (AvgIpc) is 2.44. The van der Waals surface area contributed by atoms with Crippen LogP contribution >= 0.6 is 15.9 Å². The lowest BCUT2D eigenvalue weighted by Crippen LogP contribution is -2.14. The molecular weight excluding hydrogens is 320 g/mol. The van der Waals surface area contributed by atoms with Crippen molar-refractivity contribution >= 4 is 33.3 Å². The van der Waals surface area contributed by atoms with Gasteiger partial charge in [-0.25, -0.2) is 9.97 Å². The Kier molecular flexibility index (Phi) is 4.92. The number of hydrogen-bond acceptors (Lipinski definition) is 5. The summed E-state index contributed by atoms with van der Waals surface area (Å²) in [6.07, 6.45) is 0. The molecule has 0 unspecified atom stereocenters. The molecule has 0 amide bonds. The van der Waals surface area contributed by atoms with E-state index in [0.29, 0.717) is 18.2 Å². The highest BCUT2D eigenvalue weighted by molar-refractivity contribution is 9.10. The number of aromatic nitrogens is 2. The first kappa shape index (κ1) is 14.7. The lowest BCUT2D eigenvalue weighted by molar-refractivity contribution is 0.311. The van der Waals surface area contributed by atoms with Crippen LogP contribution in [0.25, 0.3) is 0 Å².